The third-order valence-corrected chi connectivity index (χ3v) is 3.47. The first kappa shape index (κ1) is 12.5. The van der Waals surface area contributed by atoms with Crippen molar-refractivity contribution in [2.45, 2.75) is 65.9 Å². The van der Waals surface area contributed by atoms with Crippen LogP contribution in [-0.4, -0.2) is 12.1 Å². The maximum Gasteiger partial charge on any atom is 0.305 e. The van der Waals surface area contributed by atoms with E-state index in [-0.39, 0.29) is 12.1 Å². The highest BCUT2D eigenvalue weighted by Crippen LogP contribution is 2.37. The van der Waals surface area contributed by atoms with Crippen LogP contribution in [0, 0.1) is 11.3 Å². The van der Waals surface area contributed by atoms with Crippen molar-refractivity contribution in [3.8, 4) is 0 Å². The van der Waals surface area contributed by atoms with Crippen LogP contribution >= 0.6 is 0 Å². The Morgan fingerprint density at radius 1 is 1.47 bits per heavy atom. The van der Waals surface area contributed by atoms with Gasteiger partial charge in [0.15, 0.2) is 0 Å². The molecule has 1 saturated carbocycles. The molecule has 0 saturated heterocycles. The van der Waals surface area contributed by atoms with Crippen molar-refractivity contribution in [1.82, 2.24) is 0 Å². The number of hydrogen-bond donors (Lipinski definition) is 0. The zero-order chi connectivity index (χ0) is 11.5. The van der Waals surface area contributed by atoms with Crippen molar-refractivity contribution < 1.29 is 9.53 Å². The van der Waals surface area contributed by atoms with Crippen LogP contribution in [0.3, 0.4) is 0 Å². The molecule has 0 aromatic rings. The van der Waals surface area contributed by atoms with Gasteiger partial charge in [-0.25, -0.2) is 0 Å². The molecule has 2 heteroatoms. The summed E-state index contributed by atoms with van der Waals surface area (Å²) in [6.07, 6.45) is 5.33. The monoisotopic (exact) mass is 212 g/mol. The molecule has 15 heavy (non-hydrogen) atoms. The molecule has 0 aliphatic heterocycles. The van der Waals surface area contributed by atoms with E-state index in [1.54, 1.807) is 0 Å². The van der Waals surface area contributed by atoms with Crippen LogP contribution in [0.5, 0.6) is 0 Å². The van der Waals surface area contributed by atoms with Gasteiger partial charge in [-0.15, -0.1) is 0 Å². The van der Waals surface area contributed by atoms with Crippen LogP contribution in [0.15, 0.2) is 0 Å². The largest absolute Gasteiger partial charge is 0.462 e. The van der Waals surface area contributed by atoms with Gasteiger partial charge in [-0.2, -0.15) is 0 Å². The van der Waals surface area contributed by atoms with Crippen molar-refractivity contribution in [2.24, 2.45) is 11.3 Å². The van der Waals surface area contributed by atoms with Gasteiger partial charge in [0.2, 0.25) is 0 Å². The van der Waals surface area contributed by atoms with E-state index in [0.29, 0.717) is 17.8 Å². The molecule has 88 valence electrons. The minimum absolute atomic E-state index is 0.0513. The minimum Gasteiger partial charge on any atom is -0.462 e. The predicted molar refractivity (Wildman–Crippen MR) is 61.6 cm³/mol. The molecule has 2 nitrogen and oxygen atoms in total. The summed E-state index contributed by atoms with van der Waals surface area (Å²) in [6.45, 7) is 8.61. The lowest BCUT2D eigenvalue weighted by Crippen LogP contribution is -2.28. The fourth-order valence-corrected chi connectivity index (χ4v) is 2.35. The average molecular weight is 212 g/mol. The van der Waals surface area contributed by atoms with Crippen LogP contribution in [0.25, 0.3) is 0 Å². The fraction of sp³-hybridized carbons (Fsp3) is 0.923. The quantitative estimate of drug-likeness (QED) is 0.517. The van der Waals surface area contributed by atoms with E-state index in [2.05, 4.69) is 20.8 Å². The highest BCUT2D eigenvalue weighted by atomic mass is 16.5. The molecule has 1 aliphatic rings. The highest BCUT2D eigenvalue weighted by Gasteiger charge is 2.32. The summed E-state index contributed by atoms with van der Waals surface area (Å²) < 4.78 is 5.53. The number of rotatable bonds is 2. The molecule has 0 aromatic carbocycles. The van der Waals surface area contributed by atoms with E-state index in [9.17, 15) is 4.79 Å². The van der Waals surface area contributed by atoms with E-state index in [1.807, 2.05) is 6.92 Å². The van der Waals surface area contributed by atoms with Crippen molar-refractivity contribution in [3.05, 3.63) is 0 Å². The molecule has 0 radical (unpaired) electrons. The van der Waals surface area contributed by atoms with Gasteiger partial charge in [0.25, 0.3) is 0 Å². The first-order chi connectivity index (χ1) is 6.94. The summed E-state index contributed by atoms with van der Waals surface area (Å²) in [6, 6.07) is 0. The lowest BCUT2D eigenvalue weighted by Gasteiger charge is -2.28. The second kappa shape index (κ2) is 5.00. The molecule has 2 atom stereocenters. The number of ether oxygens (including phenoxy) is 1. The Bertz CT molecular complexity index is 221. The molecule has 0 spiro atoms. The number of esters is 1. The van der Waals surface area contributed by atoms with Crippen LogP contribution in [0.4, 0.5) is 0 Å². The lowest BCUT2D eigenvalue weighted by molar-refractivity contribution is -0.152. The maximum atomic E-state index is 11.3. The molecule has 2 unspecified atom stereocenters. The van der Waals surface area contributed by atoms with E-state index in [4.69, 9.17) is 4.74 Å². The lowest BCUT2D eigenvalue weighted by atomic mass is 9.83. The van der Waals surface area contributed by atoms with Gasteiger partial charge in [-0.3, -0.25) is 4.79 Å². The molecule has 0 amide bonds. The van der Waals surface area contributed by atoms with Crippen molar-refractivity contribution in [2.75, 3.05) is 0 Å². The van der Waals surface area contributed by atoms with E-state index in [1.165, 1.54) is 19.3 Å². The summed E-state index contributed by atoms with van der Waals surface area (Å²) >= 11 is 0. The Hall–Kier alpha value is -0.530. The summed E-state index contributed by atoms with van der Waals surface area (Å²) in [5.41, 5.74) is 0.323. The van der Waals surface area contributed by atoms with Crippen LogP contribution in [-0.2, 0) is 9.53 Å². The Labute approximate surface area is 93.4 Å². The van der Waals surface area contributed by atoms with Crippen LogP contribution in [0.2, 0.25) is 0 Å². The van der Waals surface area contributed by atoms with Crippen molar-refractivity contribution >= 4 is 5.97 Å². The molecular weight excluding hydrogens is 188 g/mol. The Morgan fingerprint density at radius 3 is 2.73 bits per heavy atom. The molecular formula is C13H24O2. The SMILES string of the molecule is CCC(=O)OC1CC(C)(C)CCCC1C. The molecule has 0 heterocycles. The molecule has 0 aromatic heterocycles. The third kappa shape index (κ3) is 3.84. The first-order valence-corrected chi connectivity index (χ1v) is 6.14. The van der Waals surface area contributed by atoms with Crippen LogP contribution < -0.4 is 0 Å². The number of hydrogen-bond acceptors (Lipinski definition) is 2. The van der Waals surface area contributed by atoms with Gasteiger partial charge in [-0.1, -0.05) is 34.1 Å². The van der Waals surface area contributed by atoms with Gasteiger partial charge in [0, 0.05) is 6.42 Å². The Kier molecular flexibility index (Phi) is 4.18. The number of carbonyl (C=O) groups excluding carboxylic acids is 1. The summed E-state index contributed by atoms with van der Waals surface area (Å²) in [5, 5.41) is 0. The van der Waals surface area contributed by atoms with Gasteiger partial charge in [0.05, 0.1) is 0 Å². The standard InChI is InChI=1S/C13H24O2/c1-5-12(14)15-11-9-13(3,4)8-6-7-10(11)2/h10-11H,5-9H2,1-4H3. The molecule has 1 aliphatic carbocycles. The summed E-state index contributed by atoms with van der Waals surface area (Å²) in [5.74, 6) is 0.465. The first-order valence-electron chi connectivity index (χ1n) is 6.14. The number of carbonyl (C=O) groups is 1. The molecule has 0 bridgehead atoms. The third-order valence-electron chi connectivity index (χ3n) is 3.47. The van der Waals surface area contributed by atoms with Crippen molar-refractivity contribution in [3.63, 3.8) is 0 Å². The van der Waals surface area contributed by atoms with E-state index < -0.39 is 0 Å². The van der Waals surface area contributed by atoms with Crippen LogP contribution in [0.1, 0.15) is 59.8 Å². The fourth-order valence-electron chi connectivity index (χ4n) is 2.35. The zero-order valence-corrected chi connectivity index (χ0v) is 10.5. The molecule has 0 N–H and O–H groups in total. The molecule has 1 rings (SSSR count). The maximum absolute atomic E-state index is 11.3. The van der Waals surface area contributed by atoms with E-state index >= 15 is 0 Å². The summed E-state index contributed by atoms with van der Waals surface area (Å²) in [7, 11) is 0. The average Bonchev–Trinajstić information content (AvgIpc) is 2.26. The normalized spacial score (nSPS) is 30.7. The Balaban J connectivity index is 2.61. The van der Waals surface area contributed by atoms with E-state index in [0.717, 1.165) is 6.42 Å². The molecule has 1 fully saturated rings. The topological polar surface area (TPSA) is 26.3 Å². The Morgan fingerprint density at radius 2 is 2.13 bits per heavy atom. The smallest absolute Gasteiger partial charge is 0.305 e. The minimum atomic E-state index is -0.0513. The zero-order valence-electron chi connectivity index (χ0n) is 10.5. The summed E-state index contributed by atoms with van der Waals surface area (Å²) in [4.78, 5) is 11.3. The van der Waals surface area contributed by atoms with Gasteiger partial charge in [-0.05, 0) is 30.6 Å². The van der Waals surface area contributed by atoms with Gasteiger partial charge in [0.1, 0.15) is 6.10 Å². The highest BCUT2D eigenvalue weighted by molar-refractivity contribution is 5.69. The predicted octanol–water partition coefficient (Wildman–Crippen LogP) is 3.54. The van der Waals surface area contributed by atoms with Crippen molar-refractivity contribution in [1.29, 1.82) is 0 Å². The second-order valence-electron chi connectivity index (χ2n) is 5.62. The second-order valence-corrected chi connectivity index (χ2v) is 5.62. The van der Waals surface area contributed by atoms with Gasteiger partial charge >= 0.3 is 5.97 Å². The van der Waals surface area contributed by atoms with Gasteiger partial charge < -0.3 is 4.74 Å².